The van der Waals surface area contributed by atoms with E-state index >= 15 is 0 Å². The summed E-state index contributed by atoms with van der Waals surface area (Å²) < 4.78 is 10.4. The molecular weight excluding hydrogens is 346 g/mol. The van der Waals surface area contributed by atoms with E-state index in [0.29, 0.717) is 17.9 Å². The van der Waals surface area contributed by atoms with E-state index in [1.165, 1.54) is 0 Å². The van der Waals surface area contributed by atoms with Crippen LogP contribution in [0.2, 0.25) is 0 Å². The summed E-state index contributed by atoms with van der Waals surface area (Å²) in [4.78, 5) is 19.4. The second kappa shape index (κ2) is 8.44. The fourth-order valence-corrected chi connectivity index (χ4v) is 2.98. The fourth-order valence-electron chi connectivity index (χ4n) is 2.98. The Kier molecular flexibility index (Phi) is 5.80. The average Bonchev–Trinajstić information content (AvgIpc) is 2.72. The molecule has 142 valence electrons. The van der Waals surface area contributed by atoms with Crippen LogP contribution in [0, 0.1) is 0 Å². The minimum absolute atomic E-state index is 0.601. The molecule has 1 N–H and O–H groups in total. The highest BCUT2D eigenvalue weighted by molar-refractivity contribution is 6.07. The van der Waals surface area contributed by atoms with Crippen molar-refractivity contribution in [3.63, 3.8) is 0 Å². The number of amides is 1. The van der Waals surface area contributed by atoms with E-state index in [-0.39, 0.29) is 0 Å². The van der Waals surface area contributed by atoms with Gasteiger partial charge in [0.15, 0.2) is 0 Å². The van der Waals surface area contributed by atoms with Crippen molar-refractivity contribution in [2.24, 2.45) is 5.16 Å². The number of carbonyl (C=O) groups excluding carboxylic acids is 1. The first-order valence-electron chi connectivity index (χ1n) is 8.77. The van der Waals surface area contributed by atoms with Crippen LogP contribution >= 0.6 is 0 Å². The maximum atomic E-state index is 12.1. The Bertz CT molecular complexity index is 834. The lowest BCUT2D eigenvalue weighted by atomic mass is 9.99. The molecule has 0 fully saturated rings. The largest absolute Gasteiger partial charge is 0.497 e. The molecule has 1 aliphatic heterocycles. The van der Waals surface area contributed by atoms with Gasteiger partial charge in [-0.2, -0.15) is 0 Å². The molecule has 0 unspecified atom stereocenters. The first-order valence-corrected chi connectivity index (χ1v) is 8.77. The van der Waals surface area contributed by atoms with Crippen LogP contribution in [0.1, 0.15) is 18.9 Å². The Labute approximate surface area is 158 Å². The van der Waals surface area contributed by atoms with E-state index < -0.39 is 6.09 Å². The zero-order valence-electron chi connectivity index (χ0n) is 15.7. The highest BCUT2D eigenvalue weighted by Crippen LogP contribution is 2.30. The van der Waals surface area contributed by atoms with Gasteiger partial charge in [0.2, 0.25) is 0 Å². The van der Waals surface area contributed by atoms with Gasteiger partial charge in [-0.25, -0.2) is 4.79 Å². The van der Waals surface area contributed by atoms with Crippen LogP contribution < -0.4 is 19.7 Å². The monoisotopic (exact) mass is 369 g/mol. The summed E-state index contributed by atoms with van der Waals surface area (Å²) in [5.41, 5.74) is 3.30. The molecule has 7 nitrogen and oxygen atoms in total. The number of nitrogens with zero attached hydrogens (tertiary/aromatic N) is 2. The van der Waals surface area contributed by atoms with Gasteiger partial charge in [-0.15, -0.1) is 0 Å². The first kappa shape index (κ1) is 18.6. The third-order valence-corrected chi connectivity index (χ3v) is 4.43. The number of hydrogen-bond donors (Lipinski definition) is 1. The number of carbonyl (C=O) groups is 1. The number of rotatable bonds is 5. The lowest BCUT2D eigenvalue weighted by molar-refractivity contribution is 0.166. The number of methoxy groups -OCH3 is 2. The van der Waals surface area contributed by atoms with Gasteiger partial charge >= 0.3 is 6.09 Å². The highest BCUT2D eigenvalue weighted by atomic mass is 16.7. The van der Waals surface area contributed by atoms with Crippen molar-refractivity contribution in [3.05, 3.63) is 48.0 Å². The standard InChI is InChI=1S/C20H23N3O4/c1-4-23-12-11-18(17-13-16(26-3)9-10-19(17)23)22-27-20(24)21-14-5-7-15(25-2)8-6-14/h5-10,13H,4,11-12H2,1-3H3,(H,21,24)/b22-18+. The normalized spacial score (nSPS) is 14.5. The quantitative estimate of drug-likeness (QED) is 0.639. The Morgan fingerprint density at radius 1 is 1.11 bits per heavy atom. The summed E-state index contributed by atoms with van der Waals surface area (Å²) in [5, 5.41) is 6.74. The predicted molar refractivity (Wildman–Crippen MR) is 105 cm³/mol. The summed E-state index contributed by atoms with van der Waals surface area (Å²) in [6, 6.07) is 12.8. The lowest BCUT2D eigenvalue weighted by Crippen LogP contribution is -2.32. The molecule has 1 aliphatic rings. The zero-order chi connectivity index (χ0) is 19.2. The third kappa shape index (κ3) is 4.31. The van der Waals surface area contributed by atoms with E-state index in [1.807, 2.05) is 18.2 Å². The molecule has 0 aromatic heterocycles. The molecule has 1 amide bonds. The Morgan fingerprint density at radius 3 is 2.48 bits per heavy atom. The molecule has 2 aromatic carbocycles. The van der Waals surface area contributed by atoms with Crippen LogP contribution in [0.3, 0.4) is 0 Å². The molecule has 27 heavy (non-hydrogen) atoms. The molecule has 0 saturated heterocycles. The second-order valence-electron chi connectivity index (χ2n) is 5.98. The van der Waals surface area contributed by atoms with Gasteiger partial charge in [0.1, 0.15) is 11.5 Å². The number of hydrogen-bond acceptors (Lipinski definition) is 6. The van der Waals surface area contributed by atoms with Gasteiger partial charge in [-0.1, -0.05) is 5.16 Å². The number of anilines is 2. The molecule has 0 atom stereocenters. The molecular formula is C20H23N3O4. The molecule has 2 aromatic rings. The first-order chi connectivity index (χ1) is 13.1. The van der Waals surface area contributed by atoms with Crippen molar-refractivity contribution in [2.45, 2.75) is 13.3 Å². The van der Waals surface area contributed by atoms with Crippen LogP contribution in [0.4, 0.5) is 16.2 Å². The van der Waals surface area contributed by atoms with E-state index in [9.17, 15) is 4.79 Å². The number of nitrogens with one attached hydrogen (secondary N) is 1. The van der Waals surface area contributed by atoms with Crippen molar-refractivity contribution in [1.29, 1.82) is 0 Å². The number of ether oxygens (including phenoxy) is 2. The van der Waals surface area contributed by atoms with Crippen LogP contribution in [-0.2, 0) is 4.84 Å². The topological polar surface area (TPSA) is 72.4 Å². The van der Waals surface area contributed by atoms with Gasteiger partial charge in [-0.05, 0) is 49.4 Å². The molecule has 0 saturated carbocycles. The summed E-state index contributed by atoms with van der Waals surface area (Å²) in [6.07, 6.45) is 0.0409. The number of fused-ring (bicyclic) bond motifs is 1. The molecule has 0 spiro atoms. The number of oxime groups is 1. The maximum absolute atomic E-state index is 12.1. The van der Waals surface area contributed by atoms with Crippen LogP contribution in [0.25, 0.3) is 0 Å². The van der Waals surface area contributed by atoms with Gasteiger partial charge < -0.3 is 14.4 Å². The van der Waals surface area contributed by atoms with Crippen molar-refractivity contribution >= 4 is 23.2 Å². The van der Waals surface area contributed by atoms with Crippen molar-refractivity contribution in [3.8, 4) is 11.5 Å². The summed E-state index contributed by atoms with van der Waals surface area (Å²) in [7, 11) is 3.21. The zero-order valence-corrected chi connectivity index (χ0v) is 15.7. The van der Waals surface area contributed by atoms with Gasteiger partial charge in [0, 0.05) is 36.4 Å². The van der Waals surface area contributed by atoms with Crippen LogP contribution in [0.5, 0.6) is 11.5 Å². The van der Waals surface area contributed by atoms with Gasteiger partial charge in [0.25, 0.3) is 0 Å². The smallest absolute Gasteiger partial charge is 0.437 e. The van der Waals surface area contributed by atoms with Crippen molar-refractivity contribution in [2.75, 3.05) is 37.5 Å². The Balaban J connectivity index is 1.73. The van der Waals surface area contributed by atoms with Crippen LogP contribution in [-0.4, -0.2) is 39.1 Å². The summed E-state index contributed by atoms with van der Waals surface area (Å²) in [5.74, 6) is 1.45. The van der Waals surface area contributed by atoms with Gasteiger partial charge in [-0.3, -0.25) is 10.2 Å². The lowest BCUT2D eigenvalue weighted by Gasteiger charge is -2.30. The molecule has 0 radical (unpaired) electrons. The van der Waals surface area contributed by atoms with Crippen molar-refractivity contribution < 1.29 is 19.1 Å². The number of benzene rings is 2. The van der Waals surface area contributed by atoms with Crippen LogP contribution in [0.15, 0.2) is 47.6 Å². The van der Waals surface area contributed by atoms with E-state index in [1.54, 1.807) is 38.5 Å². The minimum Gasteiger partial charge on any atom is -0.497 e. The predicted octanol–water partition coefficient (Wildman–Crippen LogP) is 3.89. The molecule has 3 rings (SSSR count). The second-order valence-corrected chi connectivity index (χ2v) is 5.98. The van der Waals surface area contributed by atoms with E-state index in [4.69, 9.17) is 14.3 Å². The third-order valence-electron chi connectivity index (χ3n) is 4.43. The summed E-state index contributed by atoms with van der Waals surface area (Å²) in [6.45, 7) is 3.82. The average molecular weight is 369 g/mol. The minimum atomic E-state index is -0.643. The fraction of sp³-hybridized carbons (Fsp3) is 0.300. The molecule has 7 heteroatoms. The Hall–Kier alpha value is -3.22. The Morgan fingerprint density at radius 2 is 1.81 bits per heavy atom. The van der Waals surface area contributed by atoms with Gasteiger partial charge in [0.05, 0.1) is 19.9 Å². The molecule has 0 aliphatic carbocycles. The van der Waals surface area contributed by atoms with E-state index in [2.05, 4.69) is 22.3 Å². The molecule has 0 bridgehead atoms. The van der Waals surface area contributed by atoms with Crippen molar-refractivity contribution in [1.82, 2.24) is 0 Å². The summed E-state index contributed by atoms with van der Waals surface area (Å²) >= 11 is 0. The SMILES string of the molecule is CCN1CC/C(=N\OC(=O)Nc2ccc(OC)cc2)c2cc(OC)ccc21. The molecule has 1 heterocycles. The highest BCUT2D eigenvalue weighted by Gasteiger charge is 2.22. The maximum Gasteiger partial charge on any atom is 0.437 e. The van der Waals surface area contributed by atoms with E-state index in [0.717, 1.165) is 35.8 Å².